The number of nitrogens with one attached hydrogen (secondary N) is 3. The van der Waals surface area contributed by atoms with Gasteiger partial charge in [-0.05, 0) is 6.42 Å². The van der Waals surface area contributed by atoms with Crippen LogP contribution in [0.3, 0.4) is 0 Å². The van der Waals surface area contributed by atoms with Crippen LogP contribution < -0.4 is 16.0 Å². The maximum absolute atomic E-state index is 12.0. The summed E-state index contributed by atoms with van der Waals surface area (Å²) in [5.74, 6) is -1.83. The molecule has 1 heterocycles. The summed E-state index contributed by atoms with van der Waals surface area (Å²) >= 11 is 0. The summed E-state index contributed by atoms with van der Waals surface area (Å²) in [4.78, 5) is 75.7. The van der Waals surface area contributed by atoms with Gasteiger partial charge in [0, 0.05) is 60.4 Å². The zero-order valence-electron chi connectivity index (χ0n) is 32.1. The number of nitrogens with zero attached hydrogens (tertiary/aromatic N) is 1. The molecule has 0 unspecified atom stereocenters. The minimum Gasteiger partial charge on any atom is -0.447 e. The van der Waals surface area contributed by atoms with E-state index in [1.54, 1.807) is 0 Å². The van der Waals surface area contributed by atoms with E-state index in [-0.39, 0.29) is 131 Å². The molecule has 0 bridgehead atoms. The minimum absolute atomic E-state index is 0.00931. The van der Waals surface area contributed by atoms with Crippen molar-refractivity contribution in [3.63, 3.8) is 0 Å². The third kappa shape index (κ3) is 25.7. The van der Waals surface area contributed by atoms with Gasteiger partial charge in [-0.1, -0.05) is 0 Å². The lowest BCUT2D eigenvalue weighted by molar-refractivity contribution is -0.197. The SMILES string of the molecule is COCCNC(=O)OCCOCC(COCCOCCCC(=O)ON1C(=O)CCC1=O)(COCCOC(=O)NCCOC)COCCOC(=O)NCCOC. The summed E-state index contributed by atoms with van der Waals surface area (Å²) < 4.78 is 59.1. The van der Waals surface area contributed by atoms with Crippen LogP contribution in [-0.4, -0.2) is 188 Å². The molecule has 318 valence electrons. The Bertz CT molecular complexity index is 1010. The van der Waals surface area contributed by atoms with Gasteiger partial charge in [0.15, 0.2) is 0 Å². The van der Waals surface area contributed by atoms with E-state index in [0.717, 1.165) is 0 Å². The van der Waals surface area contributed by atoms with E-state index >= 15 is 0 Å². The second-order valence-electron chi connectivity index (χ2n) is 11.6. The number of hydrogen-bond acceptors (Lipinski definition) is 18. The smallest absolute Gasteiger partial charge is 0.407 e. The van der Waals surface area contributed by atoms with E-state index < -0.39 is 41.5 Å². The van der Waals surface area contributed by atoms with Gasteiger partial charge >= 0.3 is 24.2 Å². The molecular weight excluding hydrogens is 740 g/mol. The Morgan fingerprint density at radius 2 is 0.891 bits per heavy atom. The molecule has 0 radical (unpaired) electrons. The van der Waals surface area contributed by atoms with Crippen LogP contribution in [0.5, 0.6) is 0 Å². The topological polar surface area (TPSA) is 253 Å². The monoisotopic (exact) mass is 798 g/mol. The number of ether oxygens (including phenoxy) is 11. The second-order valence-corrected chi connectivity index (χ2v) is 11.6. The minimum atomic E-state index is -0.948. The van der Waals surface area contributed by atoms with Gasteiger partial charge in [-0.15, -0.1) is 5.06 Å². The van der Waals surface area contributed by atoms with Gasteiger partial charge in [0.05, 0.1) is 91.1 Å². The Hall–Kier alpha value is -3.90. The fourth-order valence-corrected chi connectivity index (χ4v) is 4.25. The molecule has 1 saturated heterocycles. The first-order valence-corrected chi connectivity index (χ1v) is 17.8. The van der Waals surface area contributed by atoms with Crippen molar-refractivity contribution in [1.82, 2.24) is 21.0 Å². The number of carbonyl (C=O) groups is 6. The van der Waals surface area contributed by atoms with E-state index in [9.17, 15) is 28.8 Å². The summed E-state index contributed by atoms with van der Waals surface area (Å²) in [6.07, 6.45) is -1.66. The first-order valence-electron chi connectivity index (χ1n) is 17.8. The molecule has 0 atom stereocenters. The number of rotatable bonds is 34. The molecule has 5 amide bonds. The zero-order chi connectivity index (χ0) is 40.4. The first kappa shape index (κ1) is 49.1. The summed E-state index contributed by atoms with van der Waals surface area (Å²) in [6, 6.07) is 0. The maximum atomic E-state index is 12.0. The number of hydroxylamine groups is 2. The summed E-state index contributed by atoms with van der Waals surface area (Å²) in [5, 5.41) is 8.10. The summed E-state index contributed by atoms with van der Waals surface area (Å²) in [5.41, 5.74) is -0.948. The average molecular weight is 799 g/mol. The molecule has 0 aromatic heterocycles. The van der Waals surface area contributed by atoms with E-state index in [4.69, 9.17) is 56.9 Å². The highest BCUT2D eigenvalue weighted by molar-refractivity contribution is 6.01. The molecule has 55 heavy (non-hydrogen) atoms. The number of hydrogen-bond donors (Lipinski definition) is 3. The van der Waals surface area contributed by atoms with Crippen LogP contribution >= 0.6 is 0 Å². The normalized spacial score (nSPS) is 12.7. The molecule has 0 spiro atoms. The zero-order valence-corrected chi connectivity index (χ0v) is 32.1. The third-order valence-electron chi connectivity index (χ3n) is 6.98. The molecule has 1 aliphatic heterocycles. The molecule has 22 nitrogen and oxygen atoms in total. The van der Waals surface area contributed by atoms with Crippen molar-refractivity contribution in [3.05, 3.63) is 0 Å². The van der Waals surface area contributed by atoms with Gasteiger partial charge in [-0.25, -0.2) is 19.2 Å². The van der Waals surface area contributed by atoms with Crippen molar-refractivity contribution >= 4 is 36.1 Å². The van der Waals surface area contributed by atoms with E-state index in [0.29, 0.717) is 24.9 Å². The fourth-order valence-electron chi connectivity index (χ4n) is 4.25. The molecular formula is C33H58N4O18. The Balaban J connectivity index is 2.72. The highest BCUT2D eigenvalue weighted by atomic mass is 16.7. The molecule has 1 aliphatic rings. The standard InChI is InChI=1S/C33H58N4O18/c1-44-12-8-34-30(41)52-20-17-49-24-33(25-50-18-21-53-31(42)35-9-13-45-2,26-51-19-22-54-32(43)36-10-14-46-3)23-48-16-15-47-11-4-5-29(40)55-37-27(38)6-7-28(37)39/h4-26H2,1-3H3,(H,34,41)(H,35,42)(H,36,43). The van der Waals surface area contributed by atoms with Gasteiger partial charge in [-0.3, -0.25) is 9.59 Å². The molecule has 3 N–H and O–H groups in total. The van der Waals surface area contributed by atoms with Gasteiger partial charge < -0.3 is 72.9 Å². The number of imide groups is 1. The Morgan fingerprint density at radius 3 is 1.27 bits per heavy atom. The maximum Gasteiger partial charge on any atom is 0.407 e. The van der Waals surface area contributed by atoms with Crippen LogP contribution in [0.1, 0.15) is 25.7 Å². The molecule has 0 aromatic carbocycles. The molecule has 1 rings (SSSR count). The van der Waals surface area contributed by atoms with Crippen molar-refractivity contribution < 1.29 is 85.7 Å². The molecule has 1 fully saturated rings. The van der Waals surface area contributed by atoms with Gasteiger partial charge in [0.2, 0.25) is 0 Å². The van der Waals surface area contributed by atoms with Crippen molar-refractivity contribution in [3.8, 4) is 0 Å². The Morgan fingerprint density at radius 1 is 0.527 bits per heavy atom. The lowest BCUT2D eigenvalue weighted by Crippen LogP contribution is -2.43. The first-order chi connectivity index (χ1) is 26.7. The molecule has 0 aliphatic carbocycles. The third-order valence-corrected chi connectivity index (χ3v) is 6.98. The lowest BCUT2D eigenvalue weighted by Gasteiger charge is -2.33. The van der Waals surface area contributed by atoms with Crippen LogP contribution in [0.25, 0.3) is 0 Å². The van der Waals surface area contributed by atoms with E-state index in [2.05, 4.69) is 16.0 Å². The van der Waals surface area contributed by atoms with Crippen LogP contribution in [0.15, 0.2) is 0 Å². The summed E-state index contributed by atoms with van der Waals surface area (Å²) in [7, 11) is 4.52. The van der Waals surface area contributed by atoms with Gasteiger partial charge in [0.25, 0.3) is 11.8 Å². The number of methoxy groups -OCH3 is 3. The number of alkyl carbamates (subject to hydrolysis) is 3. The quantitative estimate of drug-likeness (QED) is 0.0424. The predicted molar refractivity (Wildman–Crippen MR) is 187 cm³/mol. The molecule has 22 heteroatoms. The summed E-state index contributed by atoms with van der Waals surface area (Å²) in [6.45, 7) is 2.29. The number of amides is 5. The largest absolute Gasteiger partial charge is 0.447 e. The van der Waals surface area contributed by atoms with Crippen LogP contribution in [-0.2, 0) is 71.3 Å². The van der Waals surface area contributed by atoms with Crippen molar-refractivity contribution in [1.29, 1.82) is 0 Å². The Labute approximate surface area is 320 Å². The van der Waals surface area contributed by atoms with E-state index in [1.165, 1.54) is 21.3 Å². The van der Waals surface area contributed by atoms with Crippen LogP contribution in [0.2, 0.25) is 0 Å². The lowest BCUT2D eigenvalue weighted by atomic mass is 9.92. The highest BCUT2D eigenvalue weighted by Crippen LogP contribution is 2.21. The fraction of sp³-hybridized carbons (Fsp3) is 0.818. The van der Waals surface area contributed by atoms with Gasteiger partial charge in [-0.2, -0.15) is 0 Å². The Kier molecular flexibility index (Phi) is 28.9. The highest BCUT2D eigenvalue weighted by Gasteiger charge is 2.34. The van der Waals surface area contributed by atoms with Crippen molar-refractivity contribution in [2.45, 2.75) is 25.7 Å². The van der Waals surface area contributed by atoms with E-state index in [1.807, 2.05) is 0 Å². The van der Waals surface area contributed by atoms with Gasteiger partial charge in [0.1, 0.15) is 19.8 Å². The van der Waals surface area contributed by atoms with Crippen molar-refractivity contribution in [2.75, 3.05) is 147 Å². The van der Waals surface area contributed by atoms with Crippen molar-refractivity contribution in [2.24, 2.45) is 5.41 Å². The van der Waals surface area contributed by atoms with Crippen LogP contribution in [0.4, 0.5) is 14.4 Å². The van der Waals surface area contributed by atoms with Crippen LogP contribution in [0, 0.1) is 5.41 Å². The number of carbonyl (C=O) groups excluding carboxylic acids is 6. The predicted octanol–water partition coefficient (Wildman–Crippen LogP) is -0.439. The molecule has 0 aromatic rings. The molecule has 0 saturated carbocycles. The average Bonchev–Trinajstić information content (AvgIpc) is 3.47. The second kappa shape index (κ2) is 32.4.